The van der Waals surface area contributed by atoms with Gasteiger partial charge in [0, 0.05) is 27.8 Å². The minimum atomic E-state index is -0.252. The maximum Gasteiger partial charge on any atom is 0.255 e. The summed E-state index contributed by atoms with van der Waals surface area (Å²) in [4.78, 5) is 17.7. The van der Waals surface area contributed by atoms with E-state index >= 15 is 0 Å². The van der Waals surface area contributed by atoms with Gasteiger partial charge in [-0.05, 0) is 55.5 Å². The predicted molar refractivity (Wildman–Crippen MR) is 145 cm³/mol. The van der Waals surface area contributed by atoms with Crippen molar-refractivity contribution < 1.29 is 9.21 Å². The number of hydrogen-bond acceptors (Lipinski definition) is 6. The fraction of sp³-hybridized carbons (Fsp3) is 0.0333. The van der Waals surface area contributed by atoms with Crippen LogP contribution in [0.25, 0.3) is 45.7 Å². The SMILES string of the molecule is Cc1cccc(-c2nnc(-c3ccc(C(=O)Nc4ccccc4-c4nc(-c5ccccc5)n[nH]4)cc3)o2)c1. The average Bonchev–Trinajstić information content (AvgIpc) is 3.65. The lowest BCUT2D eigenvalue weighted by atomic mass is 10.1. The molecule has 1 amide bonds. The van der Waals surface area contributed by atoms with E-state index in [4.69, 9.17) is 4.42 Å². The van der Waals surface area contributed by atoms with E-state index in [0.717, 1.165) is 27.8 Å². The predicted octanol–water partition coefficient (Wildman–Crippen LogP) is 6.42. The molecule has 0 saturated carbocycles. The van der Waals surface area contributed by atoms with Crippen molar-refractivity contribution in [3.8, 4) is 45.7 Å². The van der Waals surface area contributed by atoms with Crippen molar-refractivity contribution in [2.45, 2.75) is 6.92 Å². The Hall–Kier alpha value is -5.37. The number of amides is 1. The Kier molecular flexibility index (Phi) is 6.03. The highest BCUT2D eigenvalue weighted by Gasteiger charge is 2.15. The molecule has 38 heavy (non-hydrogen) atoms. The quantitative estimate of drug-likeness (QED) is 0.274. The first-order chi connectivity index (χ1) is 18.6. The summed E-state index contributed by atoms with van der Waals surface area (Å²) in [5.74, 6) is 1.74. The zero-order valence-electron chi connectivity index (χ0n) is 20.4. The number of aromatic amines is 1. The molecule has 6 aromatic rings. The Morgan fingerprint density at radius 3 is 2.26 bits per heavy atom. The molecule has 2 heterocycles. The van der Waals surface area contributed by atoms with Crippen molar-refractivity contribution in [3.05, 3.63) is 114 Å². The van der Waals surface area contributed by atoms with Gasteiger partial charge in [0.25, 0.3) is 5.91 Å². The van der Waals surface area contributed by atoms with Crippen molar-refractivity contribution >= 4 is 11.6 Å². The monoisotopic (exact) mass is 498 g/mol. The molecule has 0 bridgehead atoms. The van der Waals surface area contributed by atoms with E-state index < -0.39 is 0 Å². The molecule has 0 spiro atoms. The minimum absolute atomic E-state index is 0.252. The second-order valence-corrected chi connectivity index (χ2v) is 8.73. The zero-order chi connectivity index (χ0) is 25.9. The molecule has 0 aliphatic carbocycles. The van der Waals surface area contributed by atoms with E-state index in [1.807, 2.05) is 85.8 Å². The highest BCUT2D eigenvalue weighted by atomic mass is 16.4. The fourth-order valence-electron chi connectivity index (χ4n) is 4.09. The molecule has 2 N–H and O–H groups in total. The molecule has 6 rings (SSSR count). The third-order valence-electron chi connectivity index (χ3n) is 6.03. The van der Waals surface area contributed by atoms with Gasteiger partial charge in [0.1, 0.15) is 0 Å². The number of aryl methyl sites for hydroxylation is 1. The first-order valence-corrected chi connectivity index (χ1v) is 12.0. The third kappa shape index (κ3) is 4.70. The number of para-hydroxylation sites is 1. The van der Waals surface area contributed by atoms with Gasteiger partial charge in [-0.15, -0.1) is 10.2 Å². The van der Waals surface area contributed by atoms with Crippen LogP contribution in [0.1, 0.15) is 15.9 Å². The number of carbonyl (C=O) groups excluding carboxylic acids is 1. The standard InChI is InChI=1S/C30H22N6O2/c1-19-8-7-11-23(18-19)30-36-35-29(38-30)22-16-14-21(15-17-22)28(37)31-25-13-6-5-12-24(25)27-32-26(33-34-27)20-9-3-2-4-10-20/h2-18H,1H3,(H,31,37)(H,32,33,34). The Labute approximate surface area is 218 Å². The van der Waals surface area contributed by atoms with Gasteiger partial charge in [-0.25, -0.2) is 4.98 Å². The number of anilines is 1. The summed E-state index contributed by atoms with van der Waals surface area (Å²) in [5.41, 5.74) is 5.45. The molecule has 184 valence electrons. The Morgan fingerprint density at radius 1 is 0.763 bits per heavy atom. The van der Waals surface area contributed by atoms with Crippen LogP contribution in [0.3, 0.4) is 0 Å². The van der Waals surface area contributed by atoms with Crippen LogP contribution in [-0.4, -0.2) is 31.3 Å². The van der Waals surface area contributed by atoms with E-state index in [1.54, 1.807) is 24.3 Å². The number of hydrogen-bond donors (Lipinski definition) is 2. The molecule has 0 atom stereocenters. The van der Waals surface area contributed by atoms with Crippen molar-refractivity contribution in [1.82, 2.24) is 25.4 Å². The van der Waals surface area contributed by atoms with E-state index in [-0.39, 0.29) is 5.91 Å². The first-order valence-electron chi connectivity index (χ1n) is 12.0. The zero-order valence-corrected chi connectivity index (χ0v) is 20.4. The van der Waals surface area contributed by atoms with E-state index in [1.165, 1.54) is 0 Å². The molecule has 0 aliphatic heterocycles. The van der Waals surface area contributed by atoms with Gasteiger partial charge in [0.2, 0.25) is 11.8 Å². The number of nitrogens with zero attached hydrogens (tertiary/aromatic N) is 4. The second-order valence-electron chi connectivity index (χ2n) is 8.73. The van der Waals surface area contributed by atoms with Crippen molar-refractivity contribution in [2.75, 3.05) is 5.32 Å². The molecule has 0 saturated heterocycles. The van der Waals surface area contributed by atoms with Gasteiger partial charge in [-0.2, -0.15) is 5.10 Å². The van der Waals surface area contributed by atoms with Gasteiger partial charge in [0.15, 0.2) is 11.6 Å². The smallest absolute Gasteiger partial charge is 0.255 e. The van der Waals surface area contributed by atoms with Gasteiger partial charge < -0.3 is 9.73 Å². The summed E-state index contributed by atoms with van der Waals surface area (Å²) in [6.45, 7) is 2.01. The number of H-pyrrole nitrogens is 1. The normalized spacial score (nSPS) is 10.9. The molecule has 0 radical (unpaired) electrons. The average molecular weight is 499 g/mol. The van der Waals surface area contributed by atoms with Crippen molar-refractivity contribution in [2.24, 2.45) is 0 Å². The lowest BCUT2D eigenvalue weighted by molar-refractivity contribution is 0.102. The lowest BCUT2D eigenvalue weighted by Gasteiger charge is -2.09. The molecule has 2 aromatic heterocycles. The first kappa shape index (κ1) is 23.1. The number of carbonyl (C=O) groups is 1. The number of rotatable bonds is 6. The topological polar surface area (TPSA) is 110 Å². The molecular weight excluding hydrogens is 476 g/mol. The highest BCUT2D eigenvalue weighted by molar-refractivity contribution is 6.06. The summed E-state index contributed by atoms with van der Waals surface area (Å²) in [6.07, 6.45) is 0. The number of aromatic nitrogens is 5. The molecule has 4 aromatic carbocycles. The van der Waals surface area contributed by atoms with Crippen molar-refractivity contribution in [1.29, 1.82) is 0 Å². The van der Waals surface area contributed by atoms with Crippen LogP contribution in [0.2, 0.25) is 0 Å². The summed E-state index contributed by atoms with van der Waals surface area (Å²) in [7, 11) is 0. The molecule has 8 nitrogen and oxygen atoms in total. The number of nitrogens with one attached hydrogen (secondary N) is 2. The van der Waals surface area contributed by atoms with Gasteiger partial charge >= 0.3 is 0 Å². The molecule has 0 unspecified atom stereocenters. The van der Waals surface area contributed by atoms with Crippen LogP contribution in [-0.2, 0) is 0 Å². The summed E-state index contributed by atoms with van der Waals surface area (Å²) < 4.78 is 5.87. The van der Waals surface area contributed by atoms with Crippen LogP contribution >= 0.6 is 0 Å². The summed E-state index contributed by atoms with van der Waals surface area (Å²) in [5, 5.41) is 18.6. The molecule has 0 aliphatic rings. The van der Waals surface area contributed by atoms with E-state index in [0.29, 0.717) is 34.7 Å². The largest absolute Gasteiger partial charge is 0.416 e. The van der Waals surface area contributed by atoms with Crippen LogP contribution < -0.4 is 5.32 Å². The lowest BCUT2D eigenvalue weighted by Crippen LogP contribution is -2.12. The maximum atomic E-state index is 13.1. The summed E-state index contributed by atoms with van der Waals surface area (Å²) >= 11 is 0. The van der Waals surface area contributed by atoms with E-state index in [2.05, 4.69) is 30.7 Å². The highest BCUT2D eigenvalue weighted by Crippen LogP contribution is 2.28. The Bertz CT molecular complexity index is 1720. The van der Waals surface area contributed by atoms with Crippen LogP contribution in [0.5, 0.6) is 0 Å². The van der Waals surface area contributed by atoms with Gasteiger partial charge in [-0.3, -0.25) is 9.89 Å². The Morgan fingerprint density at radius 2 is 1.47 bits per heavy atom. The van der Waals surface area contributed by atoms with Crippen LogP contribution in [0, 0.1) is 6.92 Å². The Balaban J connectivity index is 1.20. The van der Waals surface area contributed by atoms with Crippen molar-refractivity contribution in [3.63, 3.8) is 0 Å². The molecular formula is C30H22N6O2. The second kappa shape index (κ2) is 9.94. The minimum Gasteiger partial charge on any atom is -0.416 e. The van der Waals surface area contributed by atoms with Crippen LogP contribution in [0.4, 0.5) is 5.69 Å². The van der Waals surface area contributed by atoms with Gasteiger partial charge in [-0.1, -0.05) is 60.2 Å². The third-order valence-corrected chi connectivity index (χ3v) is 6.03. The maximum absolute atomic E-state index is 13.1. The van der Waals surface area contributed by atoms with E-state index in [9.17, 15) is 4.79 Å². The number of benzene rings is 4. The van der Waals surface area contributed by atoms with Crippen LogP contribution in [0.15, 0.2) is 108 Å². The van der Waals surface area contributed by atoms with Gasteiger partial charge in [0.05, 0.1) is 5.69 Å². The molecule has 0 fully saturated rings. The fourth-order valence-corrected chi connectivity index (χ4v) is 4.09. The molecule has 8 heteroatoms. The summed E-state index contributed by atoms with van der Waals surface area (Å²) in [6, 6.07) is 32.1.